The van der Waals surface area contributed by atoms with Crippen LogP contribution in [0.1, 0.15) is 22.3 Å². The van der Waals surface area contributed by atoms with Crippen molar-refractivity contribution in [2.75, 3.05) is 47.5 Å². The SMILES string of the molecule is COc1cc(CN2CCN(Cc3cc(-c4ssc(=S)c4Cc4ccccc4)ccc3O)CC2)c(OC)c(OC)c1. The molecule has 0 saturated carbocycles. The number of rotatable bonds is 10. The summed E-state index contributed by atoms with van der Waals surface area (Å²) in [5.41, 5.74) is 5.56. The van der Waals surface area contributed by atoms with Crippen LogP contribution in [0.5, 0.6) is 23.0 Å². The van der Waals surface area contributed by atoms with E-state index in [0.29, 0.717) is 18.0 Å². The predicted octanol–water partition coefficient (Wildman–Crippen LogP) is 6.85. The van der Waals surface area contributed by atoms with Crippen LogP contribution in [-0.2, 0) is 19.5 Å². The van der Waals surface area contributed by atoms with Gasteiger partial charge in [0.1, 0.15) is 15.3 Å². The summed E-state index contributed by atoms with van der Waals surface area (Å²) in [6.45, 7) is 5.09. The number of nitrogens with zero attached hydrogens (tertiary/aromatic N) is 2. The maximum absolute atomic E-state index is 10.7. The Balaban J connectivity index is 1.26. The summed E-state index contributed by atoms with van der Waals surface area (Å²) in [4.78, 5) is 6.02. The highest BCUT2D eigenvalue weighted by atomic mass is 32.9. The molecule has 5 rings (SSSR count). The minimum atomic E-state index is 0.336. The Hall–Kier alpha value is -2.95. The van der Waals surface area contributed by atoms with Crippen LogP contribution >= 0.6 is 32.9 Å². The lowest BCUT2D eigenvalue weighted by molar-refractivity contribution is 0.120. The molecular formula is C31H34N2O4S3. The molecule has 0 radical (unpaired) electrons. The molecule has 210 valence electrons. The highest BCUT2D eigenvalue weighted by Crippen LogP contribution is 2.39. The van der Waals surface area contributed by atoms with E-state index in [1.165, 1.54) is 16.0 Å². The lowest BCUT2D eigenvalue weighted by atomic mass is 10.0. The highest BCUT2D eigenvalue weighted by molar-refractivity contribution is 7.80. The molecule has 6 nitrogen and oxygen atoms in total. The van der Waals surface area contributed by atoms with Gasteiger partial charge >= 0.3 is 0 Å². The van der Waals surface area contributed by atoms with E-state index in [1.54, 1.807) is 42.0 Å². The van der Waals surface area contributed by atoms with Gasteiger partial charge in [0.2, 0.25) is 0 Å². The number of methoxy groups -OCH3 is 3. The van der Waals surface area contributed by atoms with Crippen molar-refractivity contribution in [2.45, 2.75) is 19.5 Å². The number of ether oxygens (including phenoxy) is 3. The molecule has 0 aliphatic carbocycles. The zero-order valence-electron chi connectivity index (χ0n) is 23.0. The molecule has 1 N–H and O–H groups in total. The Kier molecular flexibility index (Phi) is 9.39. The molecule has 0 atom stereocenters. The number of hydrogen-bond donors (Lipinski definition) is 1. The Bertz CT molecular complexity index is 1490. The smallest absolute Gasteiger partial charge is 0.165 e. The van der Waals surface area contributed by atoms with Gasteiger partial charge in [0, 0.05) is 68.4 Å². The van der Waals surface area contributed by atoms with Gasteiger partial charge in [0.15, 0.2) is 11.5 Å². The van der Waals surface area contributed by atoms with E-state index in [1.807, 2.05) is 30.3 Å². The second kappa shape index (κ2) is 13.1. The summed E-state index contributed by atoms with van der Waals surface area (Å²) < 4.78 is 17.6. The zero-order valence-corrected chi connectivity index (χ0v) is 25.5. The molecule has 1 fully saturated rings. The van der Waals surface area contributed by atoms with E-state index < -0.39 is 0 Å². The van der Waals surface area contributed by atoms with Crippen molar-refractivity contribution in [1.29, 1.82) is 0 Å². The van der Waals surface area contributed by atoms with Gasteiger partial charge in [0.25, 0.3) is 0 Å². The van der Waals surface area contributed by atoms with Gasteiger partial charge in [-0.15, -0.1) is 0 Å². The van der Waals surface area contributed by atoms with Crippen molar-refractivity contribution in [3.05, 3.63) is 86.7 Å². The highest BCUT2D eigenvalue weighted by Gasteiger charge is 2.22. The molecule has 1 aliphatic heterocycles. The summed E-state index contributed by atoms with van der Waals surface area (Å²) in [6.07, 6.45) is 0.817. The largest absolute Gasteiger partial charge is 0.508 e. The molecule has 1 aromatic heterocycles. The molecule has 2 heterocycles. The quantitative estimate of drug-likeness (QED) is 0.159. The second-order valence-corrected chi connectivity index (χ2v) is 12.7. The third kappa shape index (κ3) is 6.50. The van der Waals surface area contributed by atoms with E-state index in [4.69, 9.17) is 26.4 Å². The first-order valence-electron chi connectivity index (χ1n) is 13.2. The van der Waals surface area contributed by atoms with Crippen LogP contribution in [0, 0.1) is 3.82 Å². The van der Waals surface area contributed by atoms with Gasteiger partial charge in [-0.2, -0.15) is 0 Å². The van der Waals surface area contributed by atoms with Crippen LogP contribution in [0.4, 0.5) is 0 Å². The fourth-order valence-corrected chi connectivity index (χ4v) is 8.05. The third-order valence-electron chi connectivity index (χ3n) is 7.30. The standard InChI is InChI=1S/C31H34N2O4S3/c1-35-25-17-24(29(37-3)28(18-25)36-2)20-33-13-11-32(12-14-33)19-23-16-22(9-10-27(23)34)30-26(31(38)40-39-30)15-21-7-5-4-6-8-21/h4-10,16-18,34H,11-15,19-20H2,1-3H3. The Morgan fingerprint density at radius 2 is 1.50 bits per heavy atom. The van der Waals surface area contributed by atoms with Crippen molar-refractivity contribution in [1.82, 2.24) is 9.80 Å². The molecule has 4 aromatic rings. The van der Waals surface area contributed by atoms with Gasteiger partial charge in [-0.05, 0) is 35.4 Å². The van der Waals surface area contributed by atoms with Crippen LogP contribution in [-0.4, -0.2) is 62.4 Å². The number of hydrogen-bond acceptors (Lipinski definition) is 9. The molecular weight excluding hydrogens is 561 g/mol. The van der Waals surface area contributed by atoms with Crippen molar-refractivity contribution < 1.29 is 19.3 Å². The fourth-order valence-electron chi connectivity index (χ4n) is 5.14. The van der Waals surface area contributed by atoms with Crippen molar-refractivity contribution in [3.8, 4) is 33.4 Å². The van der Waals surface area contributed by atoms with Crippen LogP contribution in [0.25, 0.3) is 10.4 Å². The van der Waals surface area contributed by atoms with Crippen molar-refractivity contribution >= 4 is 32.9 Å². The average Bonchev–Trinajstić information content (AvgIpc) is 3.34. The number of benzene rings is 3. The zero-order chi connectivity index (χ0) is 28.1. The first-order valence-corrected chi connectivity index (χ1v) is 15.8. The Labute approximate surface area is 248 Å². The minimum absolute atomic E-state index is 0.336. The Morgan fingerprint density at radius 1 is 0.800 bits per heavy atom. The van der Waals surface area contributed by atoms with Crippen molar-refractivity contribution in [2.24, 2.45) is 0 Å². The first kappa shape index (κ1) is 28.6. The van der Waals surface area contributed by atoms with Crippen molar-refractivity contribution in [3.63, 3.8) is 0 Å². The average molecular weight is 595 g/mol. The fraction of sp³-hybridized carbons (Fsp3) is 0.323. The van der Waals surface area contributed by atoms with E-state index in [9.17, 15) is 5.11 Å². The van der Waals surface area contributed by atoms with Crippen LogP contribution in [0.15, 0.2) is 60.7 Å². The lowest BCUT2D eigenvalue weighted by Crippen LogP contribution is -2.45. The number of piperazine rings is 1. The minimum Gasteiger partial charge on any atom is -0.508 e. The summed E-state index contributed by atoms with van der Waals surface area (Å²) >= 11 is 5.71. The number of phenolic OH excluding ortho intramolecular Hbond substituents is 1. The molecule has 0 unspecified atom stereocenters. The molecule has 1 saturated heterocycles. The molecule has 0 spiro atoms. The summed E-state index contributed by atoms with van der Waals surface area (Å²) in [6, 6.07) is 20.3. The van der Waals surface area contributed by atoms with E-state index in [-0.39, 0.29) is 0 Å². The first-order chi connectivity index (χ1) is 19.5. The van der Waals surface area contributed by atoms with E-state index in [2.05, 4.69) is 40.1 Å². The maximum Gasteiger partial charge on any atom is 0.165 e. The molecule has 0 amide bonds. The monoisotopic (exact) mass is 594 g/mol. The molecule has 9 heteroatoms. The Morgan fingerprint density at radius 3 is 2.15 bits per heavy atom. The summed E-state index contributed by atoms with van der Waals surface area (Å²) in [7, 11) is 8.35. The van der Waals surface area contributed by atoms with Crippen LogP contribution in [0.2, 0.25) is 0 Å². The molecule has 40 heavy (non-hydrogen) atoms. The lowest BCUT2D eigenvalue weighted by Gasteiger charge is -2.35. The molecule has 3 aromatic carbocycles. The van der Waals surface area contributed by atoms with Gasteiger partial charge in [-0.25, -0.2) is 0 Å². The predicted molar refractivity (Wildman–Crippen MR) is 166 cm³/mol. The third-order valence-corrected chi connectivity index (χ3v) is 10.5. The van der Waals surface area contributed by atoms with Gasteiger partial charge < -0.3 is 19.3 Å². The summed E-state index contributed by atoms with van der Waals surface area (Å²) in [5.74, 6) is 2.51. The molecule has 0 bridgehead atoms. The van der Waals surface area contributed by atoms with Gasteiger partial charge in [-0.3, -0.25) is 9.80 Å². The number of aromatic hydroxyl groups is 1. The topological polar surface area (TPSA) is 54.4 Å². The van der Waals surface area contributed by atoms with Gasteiger partial charge in [0.05, 0.1) is 26.2 Å². The summed E-state index contributed by atoms with van der Waals surface area (Å²) in [5, 5.41) is 10.7. The van der Waals surface area contributed by atoms with Crippen LogP contribution < -0.4 is 14.2 Å². The van der Waals surface area contributed by atoms with E-state index >= 15 is 0 Å². The maximum atomic E-state index is 10.7. The molecule has 1 aliphatic rings. The number of phenols is 1. The second-order valence-electron chi connectivity index (χ2n) is 9.84. The normalized spacial score (nSPS) is 14.3. The van der Waals surface area contributed by atoms with Gasteiger partial charge in [-0.1, -0.05) is 63.2 Å². The van der Waals surface area contributed by atoms with Crippen LogP contribution in [0.3, 0.4) is 0 Å². The van der Waals surface area contributed by atoms with E-state index in [0.717, 1.165) is 71.2 Å².